The molecule has 0 amide bonds. The summed E-state index contributed by atoms with van der Waals surface area (Å²) in [6.07, 6.45) is 2.86. The van der Waals surface area contributed by atoms with Crippen LogP contribution in [0.15, 0.2) is 84.9 Å². The highest BCUT2D eigenvalue weighted by molar-refractivity contribution is 5.27. The predicted octanol–water partition coefficient (Wildman–Crippen LogP) is 6.65. The van der Waals surface area contributed by atoms with Crippen LogP contribution in [-0.2, 0) is 17.8 Å². The first-order valence-electron chi connectivity index (χ1n) is 11.7. The maximum atomic E-state index is 9.36. The van der Waals surface area contributed by atoms with Gasteiger partial charge in [-0.1, -0.05) is 74.5 Å². The van der Waals surface area contributed by atoms with Crippen molar-refractivity contribution in [2.45, 2.75) is 52.7 Å². The van der Waals surface area contributed by atoms with E-state index in [1.807, 2.05) is 50.2 Å². The highest BCUT2D eigenvalue weighted by Gasteiger charge is 2.14. The largest absolute Gasteiger partial charge is 0.508 e. The lowest BCUT2D eigenvalue weighted by Gasteiger charge is -2.21. The number of phenols is 1. The molecular formula is C29H40O4. The molecule has 0 aliphatic heterocycles. The molecule has 2 atom stereocenters. The summed E-state index contributed by atoms with van der Waals surface area (Å²) >= 11 is 0. The highest BCUT2D eigenvalue weighted by atomic mass is 16.5. The number of aromatic hydroxyl groups is 1. The Labute approximate surface area is 199 Å². The fraction of sp³-hybridized carbons (Fsp3) is 0.379. The molecule has 4 heteroatoms. The molecule has 0 radical (unpaired) electrons. The quantitative estimate of drug-likeness (QED) is 0.361. The number of ether oxygens (including phenoxy) is 2. The average Bonchev–Trinajstić information content (AvgIpc) is 2.86. The monoisotopic (exact) mass is 452 g/mol. The van der Waals surface area contributed by atoms with Gasteiger partial charge in [-0.05, 0) is 67.5 Å². The first-order valence-corrected chi connectivity index (χ1v) is 11.7. The van der Waals surface area contributed by atoms with Crippen molar-refractivity contribution in [1.82, 2.24) is 0 Å². The van der Waals surface area contributed by atoms with Crippen LogP contribution < -0.4 is 4.74 Å². The van der Waals surface area contributed by atoms with Crippen molar-refractivity contribution in [3.8, 4) is 11.5 Å². The van der Waals surface area contributed by atoms with Gasteiger partial charge in [0.25, 0.3) is 0 Å². The van der Waals surface area contributed by atoms with Gasteiger partial charge in [0.15, 0.2) is 0 Å². The topological polar surface area (TPSA) is 58.9 Å². The van der Waals surface area contributed by atoms with Crippen LogP contribution in [0.4, 0.5) is 0 Å². The summed E-state index contributed by atoms with van der Waals surface area (Å²) in [5.74, 6) is 1.61. The molecule has 0 aromatic heterocycles. The highest BCUT2D eigenvalue weighted by Crippen LogP contribution is 2.21. The molecule has 3 aromatic carbocycles. The molecule has 33 heavy (non-hydrogen) atoms. The molecule has 0 saturated carbocycles. The van der Waals surface area contributed by atoms with Crippen molar-refractivity contribution in [2.24, 2.45) is 5.92 Å². The first kappa shape index (κ1) is 28.2. The molecule has 4 nitrogen and oxygen atoms in total. The van der Waals surface area contributed by atoms with Crippen LogP contribution in [-0.4, -0.2) is 30.0 Å². The summed E-state index contributed by atoms with van der Waals surface area (Å²) in [6.45, 7) is 6.96. The van der Waals surface area contributed by atoms with Crippen LogP contribution in [0.5, 0.6) is 11.5 Å². The Balaban J connectivity index is 0.000000508. The SMILES string of the molecule is CC.COc1ccc(CC(CCO)CC(C)OCc2ccccc2)cc1.Oc1ccccc1. The Morgan fingerprint density at radius 3 is 1.85 bits per heavy atom. The van der Waals surface area contributed by atoms with Crippen LogP contribution in [0.2, 0.25) is 0 Å². The van der Waals surface area contributed by atoms with Crippen molar-refractivity contribution in [3.05, 3.63) is 96.1 Å². The van der Waals surface area contributed by atoms with Crippen LogP contribution >= 0.6 is 0 Å². The summed E-state index contributed by atoms with van der Waals surface area (Å²) in [5, 5.41) is 18.0. The van der Waals surface area contributed by atoms with Gasteiger partial charge < -0.3 is 19.7 Å². The fourth-order valence-corrected chi connectivity index (χ4v) is 3.36. The third kappa shape index (κ3) is 12.7. The molecule has 0 fully saturated rings. The van der Waals surface area contributed by atoms with Gasteiger partial charge in [-0.2, -0.15) is 0 Å². The lowest BCUT2D eigenvalue weighted by atomic mass is 9.91. The number of benzene rings is 3. The maximum Gasteiger partial charge on any atom is 0.118 e. The third-order valence-corrected chi connectivity index (χ3v) is 5.02. The fourth-order valence-electron chi connectivity index (χ4n) is 3.36. The molecule has 0 bridgehead atoms. The van der Waals surface area contributed by atoms with E-state index in [0.717, 1.165) is 25.0 Å². The van der Waals surface area contributed by atoms with E-state index >= 15 is 0 Å². The van der Waals surface area contributed by atoms with Crippen molar-refractivity contribution in [1.29, 1.82) is 0 Å². The van der Waals surface area contributed by atoms with Gasteiger partial charge in [-0.3, -0.25) is 0 Å². The summed E-state index contributed by atoms with van der Waals surface area (Å²) in [6, 6.07) is 27.1. The van der Waals surface area contributed by atoms with Crippen molar-refractivity contribution in [3.63, 3.8) is 0 Å². The Hall–Kier alpha value is -2.82. The van der Waals surface area contributed by atoms with Crippen molar-refractivity contribution >= 4 is 0 Å². The van der Waals surface area contributed by atoms with Gasteiger partial charge in [-0.25, -0.2) is 0 Å². The second-order valence-electron chi connectivity index (χ2n) is 7.61. The standard InChI is InChI=1S/C21H28O3.C6H6O.C2H6/c1-17(24-16-19-6-4-3-5-7-19)14-20(12-13-22)15-18-8-10-21(23-2)11-9-18;7-6-4-2-1-3-5-6;1-2/h3-11,17,20,22H,12-16H2,1-2H3;1-5,7H;1-2H3. The summed E-state index contributed by atoms with van der Waals surface area (Å²) in [5.41, 5.74) is 2.46. The minimum atomic E-state index is 0.167. The van der Waals surface area contributed by atoms with Crippen molar-refractivity contribution < 1.29 is 19.7 Å². The molecule has 2 unspecified atom stereocenters. The lowest BCUT2D eigenvalue weighted by molar-refractivity contribution is 0.0338. The second-order valence-corrected chi connectivity index (χ2v) is 7.61. The number of aliphatic hydroxyl groups is 1. The predicted molar refractivity (Wildman–Crippen MR) is 137 cm³/mol. The van der Waals surface area contributed by atoms with Gasteiger partial charge in [0.2, 0.25) is 0 Å². The van der Waals surface area contributed by atoms with Crippen molar-refractivity contribution in [2.75, 3.05) is 13.7 Å². The van der Waals surface area contributed by atoms with Gasteiger partial charge >= 0.3 is 0 Å². The van der Waals surface area contributed by atoms with E-state index in [4.69, 9.17) is 14.6 Å². The molecular weight excluding hydrogens is 412 g/mol. The molecule has 0 saturated heterocycles. The minimum Gasteiger partial charge on any atom is -0.508 e. The summed E-state index contributed by atoms with van der Waals surface area (Å²) < 4.78 is 11.2. The number of para-hydroxylation sites is 1. The first-order chi connectivity index (χ1) is 16.1. The molecule has 2 N–H and O–H groups in total. The smallest absolute Gasteiger partial charge is 0.118 e. The summed E-state index contributed by atoms with van der Waals surface area (Å²) in [7, 11) is 1.68. The third-order valence-electron chi connectivity index (χ3n) is 5.02. The molecule has 3 rings (SSSR count). The van der Waals surface area contributed by atoms with Crippen LogP contribution in [0.25, 0.3) is 0 Å². The van der Waals surface area contributed by atoms with E-state index in [1.54, 1.807) is 31.4 Å². The molecule has 180 valence electrons. The Kier molecular flexibility index (Phi) is 15.1. The maximum absolute atomic E-state index is 9.36. The molecule has 0 spiro atoms. The van der Waals surface area contributed by atoms with E-state index in [-0.39, 0.29) is 12.7 Å². The molecule has 0 aliphatic rings. The number of hydrogen-bond acceptors (Lipinski definition) is 4. The minimum absolute atomic E-state index is 0.167. The number of hydrogen-bond donors (Lipinski definition) is 2. The van der Waals surface area contributed by atoms with E-state index in [2.05, 4.69) is 31.2 Å². The van der Waals surface area contributed by atoms with Gasteiger partial charge in [0.1, 0.15) is 11.5 Å². The van der Waals surface area contributed by atoms with Gasteiger partial charge in [0.05, 0.1) is 19.8 Å². The molecule has 0 aliphatic carbocycles. The lowest BCUT2D eigenvalue weighted by Crippen LogP contribution is -2.17. The zero-order valence-electron chi connectivity index (χ0n) is 20.5. The van der Waals surface area contributed by atoms with Gasteiger partial charge in [-0.15, -0.1) is 0 Å². The zero-order chi connectivity index (χ0) is 24.3. The number of aliphatic hydroxyl groups excluding tert-OH is 1. The van der Waals surface area contributed by atoms with E-state index < -0.39 is 0 Å². The Morgan fingerprint density at radius 2 is 1.36 bits per heavy atom. The Morgan fingerprint density at radius 1 is 0.788 bits per heavy atom. The number of rotatable bonds is 10. The van der Waals surface area contributed by atoms with E-state index in [0.29, 0.717) is 18.3 Å². The van der Waals surface area contributed by atoms with E-state index in [1.165, 1.54) is 11.1 Å². The number of phenolic OH excluding ortho intramolecular Hbond substituents is 1. The van der Waals surface area contributed by atoms with E-state index in [9.17, 15) is 5.11 Å². The van der Waals surface area contributed by atoms with Crippen LogP contribution in [0.1, 0.15) is 44.7 Å². The van der Waals surface area contributed by atoms with Crippen LogP contribution in [0.3, 0.4) is 0 Å². The number of methoxy groups -OCH3 is 1. The zero-order valence-corrected chi connectivity index (χ0v) is 20.5. The van der Waals surface area contributed by atoms with Gasteiger partial charge in [0, 0.05) is 6.61 Å². The normalized spacial score (nSPS) is 11.8. The average molecular weight is 453 g/mol. The molecule has 0 heterocycles. The van der Waals surface area contributed by atoms with Crippen LogP contribution in [0, 0.1) is 5.92 Å². The molecule has 3 aromatic rings. The summed E-state index contributed by atoms with van der Waals surface area (Å²) in [4.78, 5) is 0. The Bertz CT molecular complexity index is 819. The second kappa shape index (κ2) is 17.7.